The Bertz CT molecular complexity index is 588. The van der Waals surface area contributed by atoms with Gasteiger partial charge in [0.25, 0.3) is 0 Å². The van der Waals surface area contributed by atoms with Crippen LogP contribution in [-0.4, -0.2) is 12.2 Å². The van der Waals surface area contributed by atoms with Crippen LogP contribution >= 0.6 is 0 Å². The van der Waals surface area contributed by atoms with Crippen LogP contribution in [-0.2, 0) is 4.79 Å². The summed E-state index contributed by atoms with van der Waals surface area (Å²) in [6, 6.07) is 3.83. The number of carbonyl (C=O) groups excluding carboxylic acids is 1. The molecular formula is C10H8N4O. The zero-order valence-corrected chi connectivity index (χ0v) is 7.82. The Kier molecular flexibility index (Phi) is 1.58. The summed E-state index contributed by atoms with van der Waals surface area (Å²) in [5.74, 6) is -0.0566. The smallest absolute Gasteiger partial charge is 0.242 e. The minimum Gasteiger partial charge on any atom is -0.296 e. The minimum absolute atomic E-state index is 0.0566. The highest BCUT2D eigenvalue weighted by molar-refractivity contribution is 5.86. The van der Waals surface area contributed by atoms with Gasteiger partial charge in [-0.15, -0.1) is 0 Å². The fourth-order valence-corrected chi connectivity index (χ4v) is 1.67. The second-order valence-corrected chi connectivity index (χ2v) is 3.35. The lowest BCUT2D eigenvalue weighted by Crippen LogP contribution is -2.29. The van der Waals surface area contributed by atoms with Crippen molar-refractivity contribution in [3.63, 3.8) is 0 Å². The maximum atomic E-state index is 11.2. The molecule has 5 heteroatoms. The van der Waals surface area contributed by atoms with Crippen LogP contribution in [0.15, 0.2) is 22.1 Å². The van der Waals surface area contributed by atoms with Gasteiger partial charge in [0.1, 0.15) is 12.0 Å². The first-order chi connectivity index (χ1) is 7.34. The van der Waals surface area contributed by atoms with Gasteiger partial charge in [-0.3, -0.25) is 15.6 Å². The molecule has 2 N–H and O–H groups in total. The van der Waals surface area contributed by atoms with Crippen molar-refractivity contribution in [2.24, 2.45) is 9.98 Å². The van der Waals surface area contributed by atoms with Crippen molar-refractivity contribution in [2.45, 2.75) is 6.42 Å². The van der Waals surface area contributed by atoms with E-state index in [9.17, 15) is 4.79 Å². The predicted octanol–water partition coefficient (Wildman–Crippen LogP) is -0.393. The lowest BCUT2D eigenvalue weighted by Gasteiger charge is -2.06. The van der Waals surface area contributed by atoms with Crippen LogP contribution in [0.1, 0.15) is 6.42 Å². The van der Waals surface area contributed by atoms with E-state index < -0.39 is 0 Å². The van der Waals surface area contributed by atoms with E-state index in [2.05, 4.69) is 20.8 Å². The first-order valence-electron chi connectivity index (χ1n) is 4.63. The number of rotatable bonds is 0. The van der Waals surface area contributed by atoms with E-state index in [1.54, 1.807) is 0 Å². The Hall–Kier alpha value is -2.17. The summed E-state index contributed by atoms with van der Waals surface area (Å²) < 4.78 is 0. The third kappa shape index (κ3) is 1.20. The minimum atomic E-state index is -0.0566. The molecule has 0 unspecified atom stereocenters. The molecule has 0 fully saturated rings. The number of anilines is 1. The number of fused-ring (bicyclic) bond motifs is 3. The van der Waals surface area contributed by atoms with Gasteiger partial charge in [-0.05, 0) is 11.3 Å². The molecular weight excluding hydrogens is 192 g/mol. The molecule has 2 aliphatic heterocycles. The van der Waals surface area contributed by atoms with Crippen molar-refractivity contribution in [1.82, 2.24) is 5.43 Å². The van der Waals surface area contributed by atoms with E-state index >= 15 is 0 Å². The molecule has 0 saturated carbocycles. The average Bonchev–Trinajstić information content (AvgIpc) is 2.64. The molecule has 2 aliphatic rings. The molecule has 0 atom stereocenters. The Morgan fingerprint density at radius 3 is 3.13 bits per heavy atom. The van der Waals surface area contributed by atoms with E-state index in [1.807, 2.05) is 18.2 Å². The SMILES string of the molecule is O=C1CC=c2ccc3c(c2NN1)N=CN=3. The number of hydrazine groups is 1. The fourth-order valence-electron chi connectivity index (χ4n) is 1.67. The van der Waals surface area contributed by atoms with Crippen LogP contribution in [0.3, 0.4) is 0 Å². The number of benzene rings is 1. The largest absolute Gasteiger partial charge is 0.296 e. The van der Waals surface area contributed by atoms with Gasteiger partial charge in [-0.25, -0.2) is 9.98 Å². The van der Waals surface area contributed by atoms with Crippen molar-refractivity contribution >= 4 is 29.7 Å². The lowest BCUT2D eigenvalue weighted by atomic mass is 10.2. The second-order valence-electron chi connectivity index (χ2n) is 3.35. The Balaban J connectivity index is 2.28. The van der Waals surface area contributed by atoms with Gasteiger partial charge in [0.2, 0.25) is 5.91 Å². The highest BCUT2D eigenvalue weighted by Crippen LogP contribution is 2.17. The quantitative estimate of drug-likeness (QED) is 0.598. The molecule has 0 bridgehead atoms. The number of carbonyl (C=O) groups is 1. The molecule has 74 valence electrons. The molecule has 15 heavy (non-hydrogen) atoms. The second kappa shape index (κ2) is 2.91. The Labute approximate surface area is 85.2 Å². The van der Waals surface area contributed by atoms with Gasteiger partial charge >= 0.3 is 0 Å². The Morgan fingerprint density at radius 2 is 2.20 bits per heavy atom. The third-order valence-electron chi connectivity index (χ3n) is 2.41. The van der Waals surface area contributed by atoms with Crippen molar-refractivity contribution in [3.05, 3.63) is 22.7 Å². The van der Waals surface area contributed by atoms with Crippen molar-refractivity contribution in [1.29, 1.82) is 0 Å². The standard InChI is InChI=1S/C10H8N4O/c15-8-4-2-6-1-3-7-10(12-5-11-7)9(6)14-13-8/h1-3,5,14H,4H2,(H,13,15). The van der Waals surface area contributed by atoms with Crippen molar-refractivity contribution < 1.29 is 4.79 Å². The van der Waals surface area contributed by atoms with Gasteiger partial charge in [-0.1, -0.05) is 12.1 Å². The Morgan fingerprint density at radius 1 is 1.27 bits per heavy atom. The molecule has 2 heterocycles. The predicted molar refractivity (Wildman–Crippen MR) is 56.2 cm³/mol. The first kappa shape index (κ1) is 8.16. The molecule has 0 saturated heterocycles. The van der Waals surface area contributed by atoms with Crippen LogP contribution in [0.25, 0.3) is 6.08 Å². The summed E-state index contributed by atoms with van der Waals surface area (Å²) in [6.07, 6.45) is 3.76. The zero-order chi connectivity index (χ0) is 10.3. The van der Waals surface area contributed by atoms with Crippen molar-refractivity contribution in [3.8, 4) is 0 Å². The van der Waals surface area contributed by atoms with Crippen LogP contribution in [0.4, 0.5) is 11.4 Å². The topological polar surface area (TPSA) is 65.8 Å². The van der Waals surface area contributed by atoms with Crippen LogP contribution < -0.4 is 21.4 Å². The van der Waals surface area contributed by atoms with E-state index in [1.165, 1.54) is 6.34 Å². The summed E-state index contributed by atoms with van der Waals surface area (Å²) in [5.41, 5.74) is 7.06. The summed E-state index contributed by atoms with van der Waals surface area (Å²) in [7, 11) is 0. The van der Waals surface area contributed by atoms with Crippen LogP contribution in [0, 0.1) is 0 Å². The van der Waals surface area contributed by atoms with Gasteiger partial charge < -0.3 is 0 Å². The van der Waals surface area contributed by atoms with Gasteiger partial charge in [0.05, 0.1) is 11.0 Å². The molecule has 0 aliphatic carbocycles. The molecule has 0 aromatic heterocycles. The van der Waals surface area contributed by atoms with Crippen molar-refractivity contribution in [2.75, 3.05) is 5.43 Å². The molecule has 3 rings (SSSR count). The molecule has 1 amide bonds. The monoisotopic (exact) mass is 200 g/mol. The summed E-state index contributed by atoms with van der Waals surface area (Å²) in [5, 5.41) is 1.80. The first-order valence-corrected chi connectivity index (χ1v) is 4.63. The van der Waals surface area contributed by atoms with E-state index in [4.69, 9.17) is 0 Å². The number of amides is 1. The van der Waals surface area contributed by atoms with Crippen LogP contribution in [0.5, 0.6) is 0 Å². The third-order valence-corrected chi connectivity index (χ3v) is 2.41. The van der Waals surface area contributed by atoms with E-state index in [-0.39, 0.29) is 5.91 Å². The van der Waals surface area contributed by atoms with E-state index in [0.717, 1.165) is 22.0 Å². The average molecular weight is 200 g/mol. The van der Waals surface area contributed by atoms with E-state index in [0.29, 0.717) is 6.42 Å². The highest BCUT2D eigenvalue weighted by atomic mass is 16.2. The van der Waals surface area contributed by atoms with Crippen LogP contribution in [0.2, 0.25) is 0 Å². The molecule has 5 nitrogen and oxygen atoms in total. The van der Waals surface area contributed by atoms with Gasteiger partial charge in [0.15, 0.2) is 0 Å². The molecule has 1 aromatic carbocycles. The zero-order valence-electron chi connectivity index (χ0n) is 7.82. The number of aliphatic imine (C=N–C) groups is 1. The van der Waals surface area contributed by atoms with Gasteiger partial charge in [0, 0.05) is 6.42 Å². The maximum Gasteiger partial charge on any atom is 0.242 e. The summed E-state index contributed by atoms with van der Waals surface area (Å²) in [4.78, 5) is 19.4. The number of nitrogens with one attached hydrogen (secondary N) is 2. The summed E-state index contributed by atoms with van der Waals surface area (Å²) in [6.45, 7) is 0. The van der Waals surface area contributed by atoms with Gasteiger partial charge in [-0.2, -0.15) is 0 Å². The molecule has 1 aromatic rings. The molecule has 0 spiro atoms. The summed E-state index contributed by atoms with van der Waals surface area (Å²) >= 11 is 0. The normalized spacial score (nSPS) is 16.4. The highest BCUT2D eigenvalue weighted by Gasteiger charge is 2.12. The number of hydrogen-bond acceptors (Lipinski definition) is 4. The maximum absolute atomic E-state index is 11.2. The molecule has 0 radical (unpaired) electrons. The number of hydrogen-bond donors (Lipinski definition) is 2. The lowest BCUT2D eigenvalue weighted by molar-refractivity contribution is -0.119. The fraction of sp³-hybridized carbons (Fsp3) is 0.100. The number of nitrogens with zero attached hydrogens (tertiary/aromatic N) is 2.